The first-order valence-corrected chi connectivity index (χ1v) is 7.81. The lowest BCUT2D eigenvalue weighted by molar-refractivity contribution is -0.110. The highest BCUT2D eigenvalue weighted by Crippen LogP contribution is 2.32. The number of hydrogen-bond donors (Lipinski definition) is 2. The molecule has 25 heavy (non-hydrogen) atoms. The zero-order chi connectivity index (χ0) is 17.5. The van der Waals surface area contributed by atoms with E-state index in [0.29, 0.717) is 30.4 Å². The van der Waals surface area contributed by atoms with Crippen molar-refractivity contribution < 1.29 is 24.2 Å². The molecule has 0 radical (unpaired) electrons. The van der Waals surface area contributed by atoms with Crippen molar-refractivity contribution in [3.63, 3.8) is 0 Å². The number of nitrogens with one attached hydrogen (secondary N) is 1. The number of aliphatic hydroxyl groups is 1. The smallest absolute Gasteiger partial charge is 0.270 e. The first kappa shape index (κ1) is 16.8. The average molecular weight is 342 g/mol. The number of ether oxygens (including phenoxy) is 2. The minimum absolute atomic E-state index is 0.0438. The Labute approximate surface area is 144 Å². The summed E-state index contributed by atoms with van der Waals surface area (Å²) < 4.78 is 10.9. The molecule has 0 aromatic heterocycles. The van der Waals surface area contributed by atoms with Gasteiger partial charge in [-0.05, 0) is 17.7 Å². The monoisotopic (exact) mass is 342 g/mol. The summed E-state index contributed by atoms with van der Waals surface area (Å²) in [4.78, 5) is 16.8. The van der Waals surface area contributed by atoms with Crippen LogP contribution in [-0.2, 0) is 9.63 Å². The molecule has 0 aliphatic carbocycles. The Balaban J connectivity index is 1.47. The van der Waals surface area contributed by atoms with Crippen molar-refractivity contribution in [1.82, 2.24) is 0 Å². The van der Waals surface area contributed by atoms with E-state index in [1.165, 1.54) is 0 Å². The molecular formula is C18H18N2O5. The highest BCUT2D eigenvalue weighted by Gasteiger charge is 2.12. The molecule has 7 nitrogen and oxygen atoms in total. The van der Waals surface area contributed by atoms with Crippen molar-refractivity contribution >= 4 is 17.8 Å². The number of hydrogen-bond acceptors (Lipinski definition) is 6. The molecule has 2 N–H and O–H groups in total. The molecular weight excluding hydrogens is 324 g/mol. The van der Waals surface area contributed by atoms with Gasteiger partial charge >= 0.3 is 0 Å². The molecule has 1 aliphatic rings. The molecule has 1 amide bonds. The van der Waals surface area contributed by atoms with Crippen LogP contribution >= 0.6 is 0 Å². The Morgan fingerprint density at radius 3 is 2.76 bits per heavy atom. The molecule has 0 saturated heterocycles. The number of rotatable bonds is 6. The lowest BCUT2D eigenvalue weighted by Gasteiger charge is -2.18. The van der Waals surface area contributed by atoms with Crippen molar-refractivity contribution in [2.24, 2.45) is 5.16 Å². The third kappa shape index (κ3) is 4.71. The molecule has 130 valence electrons. The standard InChI is InChI=1S/C18H18N2O5/c21-15(13-4-2-1-3-5-13)12-25-19-11-18(22)20-14-6-7-16-17(10-14)24-9-8-23-16/h1-7,10-11,15,21H,8-9,12H2,(H,20,22)/b19-11-/t15-/m1/s1. The van der Waals surface area contributed by atoms with E-state index in [1.807, 2.05) is 18.2 Å². The van der Waals surface area contributed by atoms with E-state index in [1.54, 1.807) is 30.3 Å². The number of carbonyl (C=O) groups excluding carboxylic acids is 1. The van der Waals surface area contributed by atoms with Crippen molar-refractivity contribution in [2.75, 3.05) is 25.1 Å². The molecule has 0 bridgehead atoms. The van der Waals surface area contributed by atoms with E-state index >= 15 is 0 Å². The van der Waals surface area contributed by atoms with Crippen LogP contribution in [0.1, 0.15) is 11.7 Å². The number of aliphatic hydroxyl groups excluding tert-OH is 1. The van der Waals surface area contributed by atoms with E-state index in [4.69, 9.17) is 14.3 Å². The summed E-state index contributed by atoms with van der Waals surface area (Å²) in [6.45, 7) is 0.943. The van der Waals surface area contributed by atoms with Crippen LogP contribution in [0.2, 0.25) is 0 Å². The van der Waals surface area contributed by atoms with Crippen LogP contribution in [0, 0.1) is 0 Å². The molecule has 7 heteroatoms. The minimum Gasteiger partial charge on any atom is -0.486 e. The number of benzene rings is 2. The summed E-state index contributed by atoms with van der Waals surface area (Å²) in [6.07, 6.45) is 0.202. The van der Waals surface area contributed by atoms with Crippen LogP contribution in [-0.4, -0.2) is 37.0 Å². The molecule has 0 spiro atoms. The van der Waals surface area contributed by atoms with Gasteiger partial charge in [-0.15, -0.1) is 0 Å². The zero-order valence-corrected chi connectivity index (χ0v) is 13.4. The maximum Gasteiger partial charge on any atom is 0.270 e. The van der Waals surface area contributed by atoms with Crippen LogP contribution < -0.4 is 14.8 Å². The third-order valence-corrected chi connectivity index (χ3v) is 3.47. The van der Waals surface area contributed by atoms with Crippen LogP contribution in [0.5, 0.6) is 11.5 Å². The van der Waals surface area contributed by atoms with Crippen LogP contribution in [0.25, 0.3) is 0 Å². The van der Waals surface area contributed by atoms with E-state index in [2.05, 4.69) is 10.5 Å². The topological polar surface area (TPSA) is 89.4 Å². The fourth-order valence-corrected chi connectivity index (χ4v) is 2.27. The van der Waals surface area contributed by atoms with Gasteiger partial charge in [0, 0.05) is 11.8 Å². The summed E-state index contributed by atoms with van der Waals surface area (Å²) in [5.74, 6) is 0.783. The minimum atomic E-state index is -0.806. The van der Waals surface area contributed by atoms with Gasteiger partial charge in [-0.2, -0.15) is 0 Å². The van der Waals surface area contributed by atoms with Crippen molar-refractivity contribution in [3.8, 4) is 11.5 Å². The van der Waals surface area contributed by atoms with Crippen molar-refractivity contribution in [1.29, 1.82) is 0 Å². The van der Waals surface area contributed by atoms with Crippen LogP contribution in [0.3, 0.4) is 0 Å². The molecule has 1 heterocycles. The Bertz CT molecular complexity index is 748. The Morgan fingerprint density at radius 2 is 1.96 bits per heavy atom. The quantitative estimate of drug-likeness (QED) is 0.620. The lowest BCUT2D eigenvalue weighted by atomic mass is 10.1. The Kier molecular flexibility index (Phi) is 5.48. The molecule has 0 unspecified atom stereocenters. The summed E-state index contributed by atoms with van der Waals surface area (Å²) in [6, 6.07) is 14.2. The molecule has 2 aromatic carbocycles. The maximum atomic E-state index is 11.8. The van der Waals surface area contributed by atoms with Gasteiger partial charge in [0.25, 0.3) is 5.91 Å². The number of fused-ring (bicyclic) bond motifs is 1. The van der Waals surface area contributed by atoms with E-state index in [0.717, 1.165) is 11.8 Å². The number of anilines is 1. The first-order valence-electron chi connectivity index (χ1n) is 7.81. The fourth-order valence-electron chi connectivity index (χ4n) is 2.27. The number of amides is 1. The van der Waals surface area contributed by atoms with Crippen LogP contribution in [0.4, 0.5) is 5.69 Å². The van der Waals surface area contributed by atoms with Gasteiger partial charge in [0.05, 0.1) is 0 Å². The zero-order valence-electron chi connectivity index (χ0n) is 13.4. The molecule has 0 fully saturated rings. The molecule has 0 saturated carbocycles. The summed E-state index contributed by atoms with van der Waals surface area (Å²) in [5, 5.41) is 16.1. The molecule has 2 aromatic rings. The van der Waals surface area contributed by atoms with Crippen LogP contribution in [0.15, 0.2) is 53.7 Å². The Hall–Kier alpha value is -3.06. The highest BCUT2D eigenvalue weighted by atomic mass is 16.6. The van der Waals surface area contributed by atoms with Gasteiger partial charge in [0.2, 0.25) is 0 Å². The third-order valence-electron chi connectivity index (χ3n) is 3.47. The normalized spacial score (nSPS) is 14.1. The number of carbonyl (C=O) groups is 1. The second-order valence-corrected chi connectivity index (χ2v) is 5.30. The van der Waals surface area contributed by atoms with Gasteiger partial charge in [0.15, 0.2) is 11.5 Å². The predicted octanol–water partition coefficient (Wildman–Crippen LogP) is 2.13. The van der Waals surface area contributed by atoms with Gasteiger partial charge < -0.3 is 24.7 Å². The average Bonchev–Trinajstić information content (AvgIpc) is 2.65. The second kappa shape index (κ2) is 8.16. The van der Waals surface area contributed by atoms with Gasteiger partial charge in [-0.1, -0.05) is 35.5 Å². The Morgan fingerprint density at radius 1 is 1.20 bits per heavy atom. The first-order chi connectivity index (χ1) is 12.2. The fraction of sp³-hybridized carbons (Fsp3) is 0.222. The van der Waals surface area contributed by atoms with E-state index in [9.17, 15) is 9.90 Å². The van der Waals surface area contributed by atoms with Gasteiger partial charge in [0.1, 0.15) is 32.1 Å². The maximum absolute atomic E-state index is 11.8. The second-order valence-electron chi connectivity index (χ2n) is 5.30. The van der Waals surface area contributed by atoms with Gasteiger partial charge in [-0.3, -0.25) is 4.79 Å². The van der Waals surface area contributed by atoms with E-state index in [-0.39, 0.29) is 6.61 Å². The number of oxime groups is 1. The molecule has 1 atom stereocenters. The SMILES string of the molecule is O=C(/C=N\OC[C@@H](O)c1ccccc1)Nc1ccc2c(c1)OCCO2. The summed E-state index contributed by atoms with van der Waals surface area (Å²) in [5.41, 5.74) is 1.28. The number of nitrogens with zero attached hydrogens (tertiary/aromatic N) is 1. The van der Waals surface area contributed by atoms with Gasteiger partial charge in [-0.25, -0.2) is 0 Å². The molecule has 3 rings (SSSR count). The lowest BCUT2D eigenvalue weighted by Crippen LogP contribution is -2.17. The van der Waals surface area contributed by atoms with Crippen molar-refractivity contribution in [2.45, 2.75) is 6.10 Å². The summed E-state index contributed by atoms with van der Waals surface area (Å²) in [7, 11) is 0. The van der Waals surface area contributed by atoms with E-state index < -0.39 is 12.0 Å². The summed E-state index contributed by atoms with van der Waals surface area (Å²) >= 11 is 0. The van der Waals surface area contributed by atoms with Crippen molar-refractivity contribution in [3.05, 3.63) is 54.1 Å². The largest absolute Gasteiger partial charge is 0.486 e. The molecule has 1 aliphatic heterocycles. The predicted molar refractivity (Wildman–Crippen MR) is 91.9 cm³/mol. The highest BCUT2D eigenvalue weighted by molar-refractivity contribution is 6.31.